The molecule has 2 saturated heterocycles. The van der Waals surface area contributed by atoms with Gasteiger partial charge in [0.25, 0.3) is 0 Å². The minimum atomic E-state index is -0.209. The maximum Gasteiger partial charge on any atom is 0.324 e. The normalized spacial score (nSPS) is 28.5. The molecular weight excluding hydrogens is 288 g/mol. The maximum atomic E-state index is 11.7. The van der Waals surface area contributed by atoms with E-state index in [0.717, 1.165) is 23.3 Å². The molecule has 0 unspecified atom stereocenters. The molecule has 2 aliphatic rings. The SMILES string of the molecule is COC(=O)[C@@H]1CSCN1CN1CSC[C@H]1C(=O)OC. The summed E-state index contributed by atoms with van der Waals surface area (Å²) < 4.78 is 9.63. The zero-order chi connectivity index (χ0) is 13.8. The van der Waals surface area contributed by atoms with Crippen LogP contribution < -0.4 is 0 Å². The Balaban J connectivity index is 1.96. The molecule has 0 aromatic rings. The molecule has 2 rings (SSSR count). The number of esters is 2. The minimum absolute atomic E-state index is 0.202. The zero-order valence-electron chi connectivity index (χ0n) is 11.0. The van der Waals surface area contributed by atoms with Crippen LogP contribution in [0.2, 0.25) is 0 Å². The monoisotopic (exact) mass is 306 g/mol. The Labute approximate surface area is 121 Å². The summed E-state index contributed by atoms with van der Waals surface area (Å²) in [5.41, 5.74) is 0. The molecule has 0 saturated carbocycles. The lowest BCUT2D eigenvalue weighted by Crippen LogP contribution is -2.49. The highest BCUT2D eigenvalue weighted by Gasteiger charge is 2.38. The first kappa shape index (κ1) is 15.0. The highest BCUT2D eigenvalue weighted by molar-refractivity contribution is 7.99. The number of methoxy groups -OCH3 is 2. The third kappa shape index (κ3) is 3.36. The minimum Gasteiger partial charge on any atom is -0.468 e. The molecule has 0 radical (unpaired) electrons. The second kappa shape index (κ2) is 6.83. The van der Waals surface area contributed by atoms with Gasteiger partial charge in [-0.25, -0.2) is 0 Å². The number of nitrogens with zero attached hydrogens (tertiary/aromatic N) is 2. The third-order valence-corrected chi connectivity index (χ3v) is 5.39. The van der Waals surface area contributed by atoms with Crippen LogP contribution in [0.5, 0.6) is 0 Å². The van der Waals surface area contributed by atoms with E-state index in [1.165, 1.54) is 14.2 Å². The van der Waals surface area contributed by atoms with E-state index in [2.05, 4.69) is 9.80 Å². The van der Waals surface area contributed by atoms with E-state index in [-0.39, 0.29) is 24.0 Å². The molecule has 8 heteroatoms. The predicted octanol–water partition coefficient (Wildman–Crippen LogP) is 0.0397. The summed E-state index contributed by atoms with van der Waals surface area (Å²) in [5.74, 6) is 2.66. The number of hydrogen-bond donors (Lipinski definition) is 0. The molecular formula is C11H18N2O4S2. The van der Waals surface area contributed by atoms with Crippen LogP contribution in [0, 0.1) is 0 Å². The summed E-state index contributed by atoms with van der Waals surface area (Å²) in [4.78, 5) is 27.5. The third-order valence-electron chi connectivity index (χ3n) is 3.26. The van der Waals surface area contributed by atoms with Crippen molar-refractivity contribution in [3.8, 4) is 0 Å². The Morgan fingerprint density at radius 1 is 1.00 bits per heavy atom. The molecule has 0 aromatic carbocycles. The Morgan fingerprint density at radius 2 is 1.42 bits per heavy atom. The fourth-order valence-corrected chi connectivity index (χ4v) is 4.52. The predicted molar refractivity (Wildman–Crippen MR) is 74.8 cm³/mol. The molecule has 0 bridgehead atoms. The van der Waals surface area contributed by atoms with Gasteiger partial charge in [0.1, 0.15) is 12.1 Å². The van der Waals surface area contributed by atoms with Gasteiger partial charge in [-0.1, -0.05) is 0 Å². The van der Waals surface area contributed by atoms with Crippen LogP contribution in [0.4, 0.5) is 0 Å². The van der Waals surface area contributed by atoms with Crippen molar-refractivity contribution < 1.29 is 19.1 Å². The molecule has 0 spiro atoms. The number of thioether (sulfide) groups is 2. The van der Waals surface area contributed by atoms with Crippen molar-refractivity contribution in [1.29, 1.82) is 0 Å². The number of carbonyl (C=O) groups excluding carboxylic acids is 2. The molecule has 0 aromatic heterocycles. The second-order valence-corrected chi connectivity index (χ2v) is 6.40. The zero-order valence-corrected chi connectivity index (χ0v) is 12.7. The second-order valence-electron chi connectivity index (χ2n) is 4.40. The van der Waals surface area contributed by atoms with Crippen molar-refractivity contribution in [2.75, 3.05) is 44.1 Å². The number of hydrogen-bond acceptors (Lipinski definition) is 8. The van der Waals surface area contributed by atoms with E-state index in [4.69, 9.17) is 9.47 Å². The average Bonchev–Trinajstić information content (AvgIpc) is 3.06. The molecule has 0 N–H and O–H groups in total. The highest BCUT2D eigenvalue weighted by atomic mass is 32.2. The van der Waals surface area contributed by atoms with E-state index in [1.54, 1.807) is 23.5 Å². The van der Waals surface area contributed by atoms with Gasteiger partial charge < -0.3 is 9.47 Å². The van der Waals surface area contributed by atoms with Crippen molar-refractivity contribution in [1.82, 2.24) is 9.80 Å². The summed E-state index contributed by atoms with van der Waals surface area (Å²) in [7, 11) is 2.82. The van der Waals surface area contributed by atoms with E-state index in [9.17, 15) is 9.59 Å². The van der Waals surface area contributed by atoms with Crippen LogP contribution >= 0.6 is 23.5 Å². The Hall–Kier alpha value is -0.440. The molecule has 0 amide bonds. The summed E-state index contributed by atoms with van der Waals surface area (Å²) in [6.07, 6.45) is 0. The summed E-state index contributed by atoms with van der Waals surface area (Å²) in [6.45, 7) is 0.597. The Morgan fingerprint density at radius 3 is 1.79 bits per heavy atom. The standard InChI is InChI=1S/C11H18N2O4S2/c1-16-10(14)8-3-18-6-12(8)5-13-7-19-4-9(13)11(15)17-2/h8-9H,3-7H2,1-2H3/t8-,9-/m0/s1. The van der Waals surface area contributed by atoms with E-state index < -0.39 is 0 Å². The molecule has 2 heterocycles. The smallest absolute Gasteiger partial charge is 0.324 e. The molecule has 2 atom stereocenters. The Kier molecular flexibility index (Phi) is 5.37. The lowest BCUT2D eigenvalue weighted by atomic mass is 10.3. The molecule has 6 nitrogen and oxygen atoms in total. The first-order chi connectivity index (χ1) is 9.17. The molecule has 2 fully saturated rings. The van der Waals surface area contributed by atoms with Crippen molar-refractivity contribution in [2.45, 2.75) is 12.1 Å². The van der Waals surface area contributed by atoms with Crippen molar-refractivity contribution in [3.63, 3.8) is 0 Å². The van der Waals surface area contributed by atoms with Gasteiger partial charge in [0.05, 0.1) is 20.9 Å². The van der Waals surface area contributed by atoms with Crippen LogP contribution in [-0.2, 0) is 19.1 Å². The lowest BCUT2D eigenvalue weighted by molar-refractivity contribution is -0.148. The van der Waals surface area contributed by atoms with E-state index in [0.29, 0.717) is 6.67 Å². The van der Waals surface area contributed by atoms with Crippen LogP contribution in [-0.4, -0.2) is 78.0 Å². The first-order valence-corrected chi connectivity index (χ1v) is 8.27. The van der Waals surface area contributed by atoms with Gasteiger partial charge in [0.15, 0.2) is 0 Å². The number of carbonyl (C=O) groups is 2. The van der Waals surface area contributed by atoms with Gasteiger partial charge in [-0.05, 0) is 0 Å². The largest absolute Gasteiger partial charge is 0.468 e. The summed E-state index contributed by atoms with van der Waals surface area (Å²) in [5, 5.41) is 0. The maximum absolute atomic E-state index is 11.7. The van der Waals surface area contributed by atoms with Crippen molar-refractivity contribution in [3.05, 3.63) is 0 Å². The Bertz CT molecular complexity index is 324. The van der Waals surface area contributed by atoms with E-state index in [1.807, 2.05) is 0 Å². The molecule has 0 aliphatic carbocycles. The van der Waals surface area contributed by atoms with Gasteiger partial charge in [-0.2, -0.15) is 0 Å². The van der Waals surface area contributed by atoms with Gasteiger partial charge in [0, 0.05) is 23.3 Å². The van der Waals surface area contributed by atoms with Crippen LogP contribution in [0.3, 0.4) is 0 Å². The topological polar surface area (TPSA) is 59.1 Å². The summed E-state index contributed by atoms with van der Waals surface area (Å²) in [6, 6.07) is -0.419. The number of ether oxygens (including phenoxy) is 2. The quantitative estimate of drug-likeness (QED) is 0.675. The summed E-state index contributed by atoms with van der Waals surface area (Å²) >= 11 is 3.42. The highest BCUT2D eigenvalue weighted by Crippen LogP contribution is 2.26. The average molecular weight is 306 g/mol. The molecule has 19 heavy (non-hydrogen) atoms. The molecule has 2 aliphatic heterocycles. The van der Waals surface area contributed by atoms with Crippen LogP contribution in [0.15, 0.2) is 0 Å². The number of rotatable bonds is 4. The van der Waals surface area contributed by atoms with Gasteiger partial charge in [-0.15, -0.1) is 23.5 Å². The fraction of sp³-hybridized carbons (Fsp3) is 0.818. The van der Waals surface area contributed by atoms with Crippen LogP contribution in [0.1, 0.15) is 0 Å². The van der Waals surface area contributed by atoms with Gasteiger partial charge >= 0.3 is 11.9 Å². The fourth-order valence-electron chi connectivity index (χ4n) is 2.17. The van der Waals surface area contributed by atoms with Gasteiger partial charge in [-0.3, -0.25) is 19.4 Å². The van der Waals surface area contributed by atoms with Crippen molar-refractivity contribution in [2.24, 2.45) is 0 Å². The van der Waals surface area contributed by atoms with Crippen LogP contribution in [0.25, 0.3) is 0 Å². The van der Waals surface area contributed by atoms with Gasteiger partial charge in [0.2, 0.25) is 0 Å². The first-order valence-electron chi connectivity index (χ1n) is 5.96. The van der Waals surface area contributed by atoms with Crippen molar-refractivity contribution >= 4 is 35.5 Å². The lowest BCUT2D eigenvalue weighted by Gasteiger charge is -2.29. The molecule has 108 valence electrons. The van der Waals surface area contributed by atoms with E-state index >= 15 is 0 Å².